The van der Waals surface area contributed by atoms with E-state index in [4.69, 9.17) is 5.11 Å². The van der Waals surface area contributed by atoms with E-state index in [0.717, 1.165) is 0 Å². The number of ketones is 1. The van der Waals surface area contributed by atoms with Gasteiger partial charge in [0.25, 0.3) is 0 Å². The lowest BCUT2D eigenvalue weighted by atomic mass is 9.79. The van der Waals surface area contributed by atoms with Gasteiger partial charge in [-0.3, -0.25) is 4.79 Å². The third kappa shape index (κ3) is 2.99. The summed E-state index contributed by atoms with van der Waals surface area (Å²) in [6, 6.07) is 6.09. The number of Topliss-reactive ketones (excluding diaryl/α,β-unsaturated/α-hetero) is 1. The van der Waals surface area contributed by atoms with Crippen molar-refractivity contribution in [2.75, 3.05) is 0 Å². The average Bonchev–Trinajstić information content (AvgIpc) is 2.44. The third-order valence-corrected chi connectivity index (χ3v) is 3.50. The minimum absolute atomic E-state index is 0.0103. The summed E-state index contributed by atoms with van der Waals surface area (Å²) in [6.45, 7) is 3.63. The lowest BCUT2D eigenvalue weighted by molar-refractivity contribution is -0.117. The Morgan fingerprint density at radius 1 is 1.24 bits per heavy atom. The van der Waals surface area contributed by atoms with Crippen molar-refractivity contribution in [3.8, 4) is 0 Å². The number of aromatic carboxylic acids is 1. The van der Waals surface area contributed by atoms with E-state index in [1.54, 1.807) is 12.1 Å². The molecular formula is C15H16N2O4. The van der Waals surface area contributed by atoms with E-state index >= 15 is 0 Å². The van der Waals surface area contributed by atoms with Gasteiger partial charge < -0.3 is 10.2 Å². The molecule has 0 saturated carbocycles. The lowest BCUT2D eigenvalue weighted by Crippen LogP contribution is -2.25. The Morgan fingerprint density at radius 2 is 1.90 bits per heavy atom. The summed E-state index contributed by atoms with van der Waals surface area (Å²) in [6.07, 6.45) is 0.828. The zero-order chi connectivity index (χ0) is 15.6. The zero-order valence-electron chi connectivity index (χ0n) is 11.8. The Kier molecular flexibility index (Phi) is 3.88. The van der Waals surface area contributed by atoms with Crippen molar-refractivity contribution in [1.29, 1.82) is 0 Å². The van der Waals surface area contributed by atoms with Crippen LogP contribution in [0.25, 0.3) is 0 Å². The summed E-state index contributed by atoms with van der Waals surface area (Å²) in [4.78, 5) is 22.9. The highest BCUT2D eigenvalue weighted by molar-refractivity contribution is 5.96. The number of allylic oxidation sites excluding steroid dienone is 2. The first kappa shape index (κ1) is 14.9. The highest BCUT2D eigenvalue weighted by Gasteiger charge is 2.34. The molecule has 0 aliphatic heterocycles. The molecule has 0 radical (unpaired) electrons. The number of nitrogens with zero attached hydrogens (tertiary/aromatic N) is 2. The molecule has 2 N–H and O–H groups in total. The van der Waals surface area contributed by atoms with Gasteiger partial charge in [0.05, 0.1) is 5.56 Å². The van der Waals surface area contributed by atoms with Gasteiger partial charge in [0.2, 0.25) is 0 Å². The Balaban J connectivity index is 2.41. The van der Waals surface area contributed by atoms with Crippen molar-refractivity contribution in [2.45, 2.75) is 26.7 Å². The standard InChI is InChI=1S/C15H16N2O4/c1-15(2)8-7-11(18)12(13(15)19)17-16-10-6-4-3-5-9(10)14(20)21/h3-6,19H,7-8H2,1-2H3,(H,20,21). The summed E-state index contributed by atoms with van der Waals surface area (Å²) in [5.74, 6) is -1.52. The number of carboxylic acids is 1. The van der Waals surface area contributed by atoms with Crippen LogP contribution >= 0.6 is 0 Å². The Labute approximate surface area is 121 Å². The van der Waals surface area contributed by atoms with Gasteiger partial charge in [-0.05, 0) is 18.6 Å². The Bertz CT molecular complexity index is 659. The van der Waals surface area contributed by atoms with Crippen LogP contribution in [0.4, 0.5) is 5.69 Å². The van der Waals surface area contributed by atoms with E-state index in [-0.39, 0.29) is 34.9 Å². The number of aliphatic hydroxyl groups is 1. The molecule has 0 amide bonds. The van der Waals surface area contributed by atoms with Crippen LogP contribution in [0.2, 0.25) is 0 Å². The summed E-state index contributed by atoms with van der Waals surface area (Å²) in [5.41, 5.74) is -0.494. The van der Waals surface area contributed by atoms with Gasteiger partial charge in [0, 0.05) is 11.8 Å². The molecule has 0 unspecified atom stereocenters. The van der Waals surface area contributed by atoms with Crippen molar-refractivity contribution in [3.05, 3.63) is 41.3 Å². The molecular weight excluding hydrogens is 272 g/mol. The second-order valence-corrected chi connectivity index (χ2v) is 5.53. The van der Waals surface area contributed by atoms with Crippen LogP contribution in [0.3, 0.4) is 0 Å². The SMILES string of the molecule is CC1(C)CCC(=O)C(N=Nc2ccccc2C(=O)O)=C1O. The van der Waals surface area contributed by atoms with Crippen LogP contribution in [0.1, 0.15) is 37.0 Å². The molecule has 0 bridgehead atoms. The summed E-state index contributed by atoms with van der Waals surface area (Å²) < 4.78 is 0. The quantitative estimate of drug-likeness (QED) is 0.829. The molecule has 0 heterocycles. The molecule has 0 spiro atoms. The molecule has 0 saturated heterocycles. The van der Waals surface area contributed by atoms with Gasteiger partial charge in [-0.1, -0.05) is 26.0 Å². The van der Waals surface area contributed by atoms with Crippen LogP contribution in [-0.2, 0) is 4.79 Å². The van der Waals surface area contributed by atoms with Crippen molar-refractivity contribution in [2.24, 2.45) is 15.6 Å². The molecule has 6 heteroatoms. The van der Waals surface area contributed by atoms with E-state index in [0.29, 0.717) is 6.42 Å². The summed E-state index contributed by atoms with van der Waals surface area (Å²) in [5, 5.41) is 26.8. The fourth-order valence-corrected chi connectivity index (χ4v) is 2.06. The van der Waals surface area contributed by atoms with Crippen molar-refractivity contribution in [1.82, 2.24) is 0 Å². The van der Waals surface area contributed by atoms with Crippen molar-refractivity contribution >= 4 is 17.4 Å². The molecule has 0 atom stereocenters. The molecule has 1 aromatic rings. The molecule has 6 nitrogen and oxygen atoms in total. The zero-order valence-corrected chi connectivity index (χ0v) is 11.8. The van der Waals surface area contributed by atoms with E-state index in [1.165, 1.54) is 12.1 Å². The highest BCUT2D eigenvalue weighted by Crippen LogP contribution is 2.37. The van der Waals surface area contributed by atoms with E-state index < -0.39 is 11.4 Å². The van der Waals surface area contributed by atoms with Gasteiger partial charge in [-0.2, -0.15) is 0 Å². The smallest absolute Gasteiger partial charge is 0.337 e. The Morgan fingerprint density at radius 3 is 2.57 bits per heavy atom. The molecule has 0 aromatic heterocycles. The minimum atomic E-state index is -1.13. The predicted octanol–water partition coefficient (Wildman–Crippen LogP) is 3.63. The lowest BCUT2D eigenvalue weighted by Gasteiger charge is -2.28. The normalized spacial score (nSPS) is 18.3. The predicted molar refractivity (Wildman–Crippen MR) is 75.6 cm³/mol. The topological polar surface area (TPSA) is 99.3 Å². The van der Waals surface area contributed by atoms with Gasteiger partial charge in [0.15, 0.2) is 11.5 Å². The van der Waals surface area contributed by atoms with Crippen LogP contribution in [0.5, 0.6) is 0 Å². The first-order chi connectivity index (χ1) is 9.83. The van der Waals surface area contributed by atoms with Crippen LogP contribution in [-0.4, -0.2) is 22.0 Å². The fourth-order valence-electron chi connectivity index (χ4n) is 2.06. The van der Waals surface area contributed by atoms with Crippen LogP contribution in [0, 0.1) is 5.41 Å². The number of aliphatic hydroxyl groups excluding tert-OH is 1. The maximum atomic E-state index is 11.8. The number of carboxylic acid groups (broad SMARTS) is 1. The van der Waals surface area contributed by atoms with Gasteiger partial charge in [-0.25, -0.2) is 4.79 Å². The fraction of sp³-hybridized carbons (Fsp3) is 0.333. The van der Waals surface area contributed by atoms with E-state index in [1.807, 2.05) is 13.8 Å². The third-order valence-electron chi connectivity index (χ3n) is 3.50. The van der Waals surface area contributed by atoms with Gasteiger partial charge in [-0.15, -0.1) is 10.2 Å². The van der Waals surface area contributed by atoms with E-state index in [9.17, 15) is 14.7 Å². The number of benzene rings is 1. The van der Waals surface area contributed by atoms with Crippen molar-refractivity contribution in [3.63, 3.8) is 0 Å². The van der Waals surface area contributed by atoms with Crippen LogP contribution < -0.4 is 0 Å². The second-order valence-electron chi connectivity index (χ2n) is 5.53. The molecule has 21 heavy (non-hydrogen) atoms. The minimum Gasteiger partial charge on any atom is -0.509 e. The van der Waals surface area contributed by atoms with Crippen LogP contribution in [0.15, 0.2) is 46.0 Å². The number of carbonyl (C=O) groups excluding carboxylic acids is 1. The molecule has 110 valence electrons. The summed E-state index contributed by atoms with van der Waals surface area (Å²) in [7, 11) is 0. The molecule has 1 aromatic carbocycles. The van der Waals surface area contributed by atoms with Crippen molar-refractivity contribution < 1.29 is 19.8 Å². The highest BCUT2D eigenvalue weighted by atomic mass is 16.4. The number of hydrogen-bond acceptors (Lipinski definition) is 5. The monoisotopic (exact) mass is 288 g/mol. The number of carbonyl (C=O) groups is 2. The number of azo groups is 1. The second kappa shape index (κ2) is 5.47. The van der Waals surface area contributed by atoms with Gasteiger partial charge >= 0.3 is 5.97 Å². The molecule has 2 rings (SSSR count). The number of hydrogen-bond donors (Lipinski definition) is 2. The maximum absolute atomic E-state index is 11.8. The average molecular weight is 288 g/mol. The first-order valence-electron chi connectivity index (χ1n) is 6.54. The first-order valence-corrected chi connectivity index (χ1v) is 6.54. The number of rotatable bonds is 3. The molecule has 1 aliphatic rings. The largest absolute Gasteiger partial charge is 0.509 e. The molecule has 0 fully saturated rings. The van der Waals surface area contributed by atoms with Gasteiger partial charge in [0.1, 0.15) is 11.4 Å². The maximum Gasteiger partial charge on any atom is 0.337 e. The van der Waals surface area contributed by atoms with E-state index in [2.05, 4.69) is 10.2 Å². The Hall–Kier alpha value is -2.50. The summed E-state index contributed by atoms with van der Waals surface area (Å²) >= 11 is 0. The molecule has 1 aliphatic carbocycles.